The summed E-state index contributed by atoms with van der Waals surface area (Å²) in [6.45, 7) is -0.113. The van der Waals surface area contributed by atoms with Crippen LogP contribution in [0.1, 0.15) is 25.5 Å². The van der Waals surface area contributed by atoms with Crippen molar-refractivity contribution >= 4 is 17.9 Å². The van der Waals surface area contributed by atoms with Crippen LogP contribution in [-0.4, -0.2) is 51.8 Å². The van der Waals surface area contributed by atoms with Crippen molar-refractivity contribution < 1.29 is 33.7 Å². The molecule has 11 heteroatoms. The molecule has 0 aromatic carbocycles. The quantitative estimate of drug-likeness (QED) is 0.529. The summed E-state index contributed by atoms with van der Waals surface area (Å²) >= 11 is 0. The van der Waals surface area contributed by atoms with E-state index in [0.717, 1.165) is 17.4 Å². The molecule has 0 bridgehead atoms. The van der Waals surface area contributed by atoms with Crippen LogP contribution in [0.4, 0.5) is 10.6 Å². The molecule has 2 N–H and O–H groups in total. The zero-order valence-electron chi connectivity index (χ0n) is 13.6. The number of anilines is 1. The van der Waals surface area contributed by atoms with E-state index in [1.807, 2.05) is 0 Å². The predicted molar refractivity (Wildman–Crippen MR) is 81.3 cm³/mol. The van der Waals surface area contributed by atoms with Gasteiger partial charge in [0.15, 0.2) is 24.3 Å². The van der Waals surface area contributed by atoms with E-state index in [2.05, 4.69) is 4.98 Å². The molecule has 3 fully saturated rings. The van der Waals surface area contributed by atoms with Crippen molar-refractivity contribution in [1.29, 1.82) is 0 Å². The van der Waals surface area contributed by atoms with Gasteiger partial charge in [-0.2, -0.15) is 4.98 Å². The van der Waals surface area contributed by atoms with Gasteiger partial charge in [-0.15, -0.1) is 0 Å². The van der Waals surface area contributed by atoms with Gasteiger partial charge >= 0.3 is 17.8 Å². The minimum Gasteiger partial charge on any atom is -0.463 e. The molecule has 1 aromatic rings. The van der Waals surface area contributed by atoms with E-state index < -0.39 is 36.4 Å². The lowest BCUT2D eigenvalue weighted by atomic mass is 10.1. The smallest absolute Gasteiger partial charge is 0.463 e. The van der Waals surface area contributed by atoms with Gasteiger partial charge in [0.25, 0.3) is 0 Å². The zero-order chi connectivity index (χ0) is 18.3. The van der Waals surface area contributed by atoms with Gasteiger partial charge < -0.3 is 18.9 Å². The van der Waals surface area contributed by atoms with E-state index in [1.165, 1.54) is 12.3 Å². The fourth-order valence-corrected chi connectivity index (χ4v) is 3.04. The van der Waals surface area contributed by atoms with Crippen molar-refractivity contribution in [2.24, 2.45) is 5.92 Å². The molecule has 140 valence electrons. The highest BCUT2D eigenvalue weighted by Gasteiger charge is 2.55. The standard InChI is InChI=1S/C15H17N3O8/c19-10(5-7-1-2-7)23-6-8-11-12(26-15(21)25-11)13(24-8)18-4-3-9(17-22)16-14(18)20/h3-4,7-8,11-13,22H,1-2,5-6H2,(H,16,17,20)/t8-,11-,12-,13-/m1/s1. The van der Waals surface area contributed by atoms with Crippen LogP contribution in [0.25, 0.3) is 0 Å². The van der Waals surface area contributed by atoms with Gasteiger partial charge in [0.2, 0.25) is 0 Å². The highest BCUT2D eigenvalue weighted by Crippen LogP contribution is 2.38. The number of nitrogens with zero attached hydrogens (tertiary/aromatic N) is 2. The number of nitrogens with one attached hydrogen (secondary N) is 1. The van der Waals surface area contributed by atoms with E-state index in [0.29, 0.717) is 12.3 Å². The highest BCUT2D eigenvalue weighted by molar-refractivity contribution is 5.70. The molecular weight excluding hydrogens is 350 g/mol. The van der Waals surface area contributed by atoms with E-state index in [9.17, 15) is 14.4 Å². The first-order valence-electron chi connectivity index (χ1n) is 8.23. The van der Waals surface area contributed by atoms with Crippen molar-refractivity contribution in [3.63, 3.8) is 0 Å². The van der Waals surface area contributed by atoms with Gasteiger partial charge in [0, 0.05) is 12.6 Å². The second-order valence-electron chi connectivity index (χ2n) is 6.42. The number of ether oxygens (including phenoxy) is 4. The number of rotatable bonds is 6. The molecular formula is C15H17N3O8. The van der Waals surface area contributed by atoms with Crippen LogP contribution in [0.5, 0.6) is 0 Å². The van der Waals surface area contributed by atoms with Gasteiger partial charge in [0.05, 0.1) is 0 Å². The van der Waals surface area contributed by atoms with Crippen LogP contribution in [0.3, 0.4) is 0 Å². The second-order valence-corrected chi connectivity index (χ2v) is 6.42. The monoisotopic (exact) mass is 367 g/mol. The third kappa shape index (κ3) is 3.22. The van der Waals surface area contributed by atoms with Crippen molar-refractivity contribution in [3.8, 4) is 0 Å². The molecule has 2 saturated heterocycles. The Hall–Kier alpha value is -2.66. The van der Waals surface area contributed by atoms with E-state index >= 15 is 0 Å². The van der Waals surface area contributed by atoms with E-state index in [4.69, 9.17) is 24.2 Å². The molecule has 3 heterocycles. The highest BCUT2D eigenvalue weighted by atomic mass is 16.8. The average molecular weight is 367 g/mol. The van der Waals surface area contributed by atoms with Crippen molar-refractivity contribution in [2.75, 3.05) is 12.1 Å². The first-order chi connectivity index (χ1) is 12.5. The van der Waals surface area contributed by atoms with Crippen LogP contribution >= 0.6 is 0 Å². The largest absolute Gasteiger partial charge is 0.509 e. The molecule has 4 rings (SSSR count). The maximum absolute atomic E-state index is 12.1. The SMILES string of the molecule is O=C(CC1CC1)OC[C@H]1O[C@@H](n2ccc(NO)nc2=O)[C@@H]2OC(=O)O[C@@H]21. The van der Waals surface area contributed by atoms with Gasteiger partial charge in [-0.05, 0) is 24.8 Å². The molecule has 11 nitrogen and oxygen atoms in total. The minimum absolute atomic E-state index is 0.0361. The number of fused-ring (bicyclic) bond motifs is 1. The molecule has 1 aliphatic carbocycles. The molecule has 4 atom stereocenters. The van der Waals surface area contributed by atoms with Crippen molar-refractivity contribution in [2.45, 2.75) is 43.8 Å². The molecule has 3 aliphatic rings. The molecule has 0 radical (unpaired) electrons. The summed E-state index contributed by atoms with van der Waals surface area (Å²) < 4.78 is 22.3. The van der Waals surface area contributed by atoms with Crippen LogP contribution < -0.4 is 11.2 Å². The normalized spacial score (nSPS) is 29.7. The van der Waals surface area contributed by atoms with E-state index in [1.54, 1.807) is 5.48 Å². The summed E-state index contributed by atoms with van der Waals surface area (Å²) in [5.41, 5.74) is 1.05. The summed E-state index contributed by atoms with van der Waals surface area (Å²) in [6, 6.07) is 1.35. The first-order valence-corrected chi connectivity index (χ1v) is 8.23. The predicted octanol–water partition coefficient (Wildman–Crippen LogP) is 0.189. The Morgan fingerprint density at radius 3 is 2.81 bits per heavy atom. The molecule has 26 heavy (non-hydrogen) atoms. The lowest BCUT2D eigenvalue weighted by molar-refractivity contribution is -0.151. The summed E-state index contributed by atoms with van der Waals surface area (Å²) in [4.78, 5) is 39.0. The summed E-state index contributed by atoms with van der Waals surface area (Å²) in [7, 11) is 0. The van der Waals surface area contributed by atoms with Gasteiger partial charge in [-0.3, -0.25) is 20.0 Å². The molecule has 0 unspecified atom stereocenters. The molecule has 2 aliphatic heterocycles. The lowest BCUT2D eigenvalue weighted by Crippen LogP contribution is -2.34. The Kier molecular flexibility index (Phi) is 4.24. The topological polar surface area (TPSA) is 138 Å². The Labute approximate surface area is 146 Å². The van der Waals surface area contributed by atoms with Crippen molar-refractivity contribution in [1.82, 2.24) is 9.55 Å². The van der Waals surface area contributed by atoms with Gasteiger partial charge in [0.1, 0.15) is 12.7 Å². The second kappa shape index (κ2) is 6.57. The number of hydrogen-bond donors (Lipinski definition) is 2. The summed E-state index contributed by atoms with van der Waals surface area (Å²) in [6.07, 6.45) is -0.538. The molecule has 0 amide bonds. The number of carbonyl (C=O) groups is 2. The number of esters is 1. The van der Waals surface area contributed by atoms with Crippen molar-refractivity contribution in [3.05, 3.63) is 22.7 Å². The number of carbonyl (C=O) groups excluding carboxylic acids is 2. The maximum atomic E-state index is 12.1. The minimum atomic E-state index is -0.980. The summed E-state index contributed by atoms with van der Waals surface area (Å²) in [5.74, 6) is 0.0213. The third-order valence-corrected chi connectivity index (χ3v) is 4.53. The zero-order valence-corrected chi connectivity index (χ0v) is 13.6. The lowest BCUT2D eigenvalue weighted by Gasteiger charge is -2.18. The number of aromatic nitrogens is 2. The number of hydrogen-bond acceptors (Lipinski definition) is 10. The third-order valence-electron chi connectivity index (χ3n) is 4.53. The molecule has 0 spiro atoms. The fourth-order valence-electron chi connectivity index (χ4n) is 3.04. The van der Waals surface area contributed by atoms with E-state index in [-0.39, 0.29) is 18.4 Å². The summed E-state index contributed by atoms with van der Waals surface area (Å²) in [5, 5.41) is 8.80. The fraction of sp³-hybridized carbons (Fsp3) is 0.600. The molecule has 1 saturated carbocycles. The van der Waals surface area contributed by atoms with Gasteiger partial charge in [-0.1, -0.05) is 0 Å². The molecule has 1 aromatic heterocycles. The van der Waals surface area contributed by atoms with Crippen LogP contribution in [-0.2, 0) is 23.7 Å². The Morgan fingerprint density at radius 1 is 1.35 bits per heavy atom. The van der Waals surface area contributed by atoms with Crippen LogP contribution in [0, 0.1) is 5.92 Å². The Balaban J connectivity index is 1.48. The van der Waals surface area contributed by atoms with Crippen LogP contribution in [0.15, 0.2) is 17.1 Å². The van der Waals surface area contributed by atoms with Gasteiger partial charge in [-0.25, -0.2) is 9.59 Å². The Bertz CT molecular complexity index is 776. The first kappa shape index (κ1) is 16.8. The van der Waals surface area contributed by atoms with Crippen LogP contribution in [0.2, 0.25) is 0 Å². The maximum Gasteiger partial charge on any atom is 0.509 e. The average Bonchev–Trinajstić information content (AvgIpc) is 3.25. The Morgan fingerprint density at radius 2 is 2.12 bits per heavy atom.